The molecule has 0 spiro atoms. The summed E-state index contributed by atoms with van der Waals surface area (Å²) in [5.74, 6) is 0.0744. The average molecular weight is 371 g/mol. The molecule has 0 bridgehead atoms. The first kappa shape index (κ1) is 18.8. The van der Waals surface area contributed by atoms with E-state index in [2.05, 4.69) is 39.2 Å². The van der Waals surface area contributed by atoms with E-state index in [0.29, 0.717) is 6.54 Å². The Morgan fingerprint density at radius 1 is 1.31 bits per heavy atom. The summed E-state index contributed by atoms with van der Waals surface area (Å²) in [6.07, 6.45) is 1.71. The van der Waals surface area contributed by atoms with E-state index in [4.69, 9.17) is 4.98 Å². The molecular formula is C20H26N4OS. The van der Waals surface area contributed by atoms with Gasteiger partial charge in [-0.05, 0) is 6.92 Å². The van der Waals surface area contributed by atoms with Crippen molar-refractivity contribution < 1.29 is 4.79 Å². The number of nitrogens with zero attached hydrogens (tertiary/aromatic N) is 3. The summed E-state index contributed by atoms with van der Waals surface area (Å²) in [5.41, 5.74) is 2.30. The lowest BCUT2D eigenvalue weighted by Crippen LogP contribution is -2.53. The summed E-state index contributed by atoms with van der Waals surface area (Å²) >= 11 is 1.70. The number of thiazole rings is 1. The van der Waals surface area contributed by atoms with Crippen LogP contribution in [0, 0.1) is 0 Å². The van der Waals surface area contributed by atoms with Gasteiger partial charge in [-0.2, -0.15) is 0 Å². The SMILES string of the molecule is C=CCNC(=O)C(C)N1CCN(Cc2csc(-c3ccccc3)n2)CC1. The maximum Gasteiger partial charge on any atom is 0.237 e. The van der Waals surface area contributed by atoms with Crippen molar-refractivity contribution in [3.8, 4) is 10.6 Å². The van der Waals surface area contributed by atoms with E-state index < -0.39 is 0 Å². The first-order valence-electron chi connectivity index (χ1n) is 9.02. The zero-order valence-electron chi connectivity index (χ0n) is 15.2. The molecule has 1 atom stereocenters. The van der Waals surface area contributed by atoms with Crippen LogP contribution < -0.4 is 5.32 Å². The quantitative estimate of drug-likeness (QED) is 0.761. The fourth-order valence-electron chi connectivity index (χ4n) is 3.12. The van der Waals surface area contributed by atoms with Gasteiger partial charge in [-0.25, -0.2) is 4.98 Å². The topological polar surface area (TPSA) is 48.5 Å². The van der Waals surface area contributed by atoms with Crippen molar-refractivity contribution in [3.63, 3.8) is 0 Å². The van der Waals surface area contributed by atoms with Gasteiger partial charge >= 0.3 is 0 Å². The van der Waals surface area contributed by atoms with Gasteiger partial charge < -0.3 is 5.32 Å². The van der Waals surface area contributed by atoms with Crippen LogP contribution in [0.1, 0.15) is 12.6 Å². The molecule has 2 heterocycles. The van der Waals surface area contributed by atoms with E-state index in [1.165, 1.54) is 5.56 Å². The summed E-state index contributed by atoms with van der Waals surface area (Å²) in [5, 5.41) is 6.11. The molecule has 1 aliphatic rings. The van der Waals surface area contributed by atoms with Gasteiger partial charge in [-0.15, -0.1) is 17.9 Å². The van der Waals surface area contributed by atoms with Crippen LogP contribution in [0.2, 0.25) is 0 Å². The smallest absolute Gasteiger partial charge is 0.237 e. The summed E-state index contributed by atoms with van der Waals surface area (Å²) in [6, 6.07) is 10.2. The third-order valence-electron chi connectivity index (χ3n) is 4.71. The number of carbonyl (C=O) groups is 1. The molecule has 0 saturated carbocycles. The monoisotopic (exact) mass is 370 g/mol. The molecule has 0 radical (unpaired) electrons. The number of rotatable bonds is 7. The van der Waals surface area contributed by atoms with Crippen LogP contribution in [0.25, 0.3) is 10.6 Å². The molecule has 1 N–H and O–H groups in total. The van der Waals surface area contributed by atoms with Crippen LogP contribution in [-0.4, -0.2) is 59.5 Å². The van der Waals surface area contributed by atoms with Crippen molar-refractivity contribution in [2.45, 2.75) is 19.5 Å². The van der Waals surface area contributed by atoms with Crippen LogP contribution in [-0.2, 0) is 11.3 Å². The largest absolute Gasteiger partial charge is 0.351 e. The highest BCUT2D eigenvalue weighted by atomic mass is 32.1. The molecule has 26 heavy (non-hydrogen) atoms. The Labute approximate surface area is 159 Å². The van der Waals surface area contributed by atoms with Crippen molar-refractivity contribution >= 4 is 17.2 Å². The molecule has 138 valence electrons. The normalized spacial score (nSPS) is 17.0. The second-order valence-electron chi connectivity index (χ2n) is 6.53. The van der Waals surface area contributed by atoms with Gasteiger partial charge in [0.1, 0.15) is 5.01 Å². The van der Waals surface area contributed by atoms with Crippen LogP contribution in [0.15, 0.2) is 48.4 Å². The van der Waals surface area contributed by atoms with Crippen LogP contribution >= 0.6 is 11.3 Å². The molecule has 1 aromatic carbocycles. The maximum absolute atomic E-state index is 12.1. The molecule has 1 saturated heterocycles. The fourth-order valence-corrected chi connectivity index (χ4v) is 3.93. The zero-order valence-corrected chi connectivity index (χ0v) is 16.0. The number of aromatic nitrogens is 1. The summed E-state index contributed by atoms with van der Waals surface area (Å²) in [4.78, 5) is 21.5. The Kier molecular flexibility index (Phi) is 6.55. The highest BCUT2D eigenvalue weighted by Gasteiger charge is 2.25. The van der Waals surface area contributed by atoms with Crippen LogP contribution in [0.5, 0.6) is 0 Å². The lowest BCUT2D eigenvalue weighted by Gasteiger charge is -2.37. The second-order valence-corrected chi connectivity index (χ2v) is 7.39. The van der Waals surface area contributed by atoms with Gasteiger partial charge in [-0.3, -0.25) is 14.6 Å². The highest BCUT2D eigenvalue weighted by molar-refractivity contribution is 7.13. The molecule has 1 fully saturated rings. The van der Waals surface area contributed by atoms with E-state index in [9.17, 15) is 4.79 Å². The Bertz CT molecular complexity index is 722. The molecule has 0 aliphatic carbocycles. The molecular weight excluding hydrogens is 344 g/mol. The lowest BCUT2D eigenvalue weighted by molar-refractivity contribution is -0.126. The van der Waals surface area contributed by atoms with Crippen LogP contribution in [0.3, 0.4) is 0 Å². The number of hydrogen-bond donors (Lipinski definition) is 1. The molecule has 2 aromatic rings. The predicted octanol–water partition coefficient (Wildman–Crippen LogP) is 2.62. The summed E-state index contributed by atoms with van der Waals surface area (Å²) < 4.78 is 0. The van der Waals surface area contributed by atoms with Gasteiger partial charge in [0, 0.05) is 50.2 Å². The van der Waals surface area contributed by atoms with Crippen LogP contribution in [0.4, 0.5) is 0 Å². The van der Waals surface area contributed by atoms with Crippen molar-refractivity contribution in [1.82, 2.24) is 20.1 Å². The van der Waals surface area contributed by atoms with Crippen molar-refractivity contribution in [2.24, 2.45) is 0 Å². The minimum Gasteiger partial charge on any atom is -0.351 e. The molecule has 3 rings (SSSR count). The fraction of sp³-hybridized carbons (Fsp3) is 0.400. The Balaban J connectivity index is 1.49. The number of benzene rings is 1. The molecule has 1 unspecified atom stereocenters. The van der Waals surface area contributed by atoms with Gasteiger partial charge in [0.05, 0.1) is 11.7 Å². The van der Waals surface area contributed by atoms with Crippen molar-refractivity contribution in [2.75, 3.05) is 32.7 Å². The Morgan fingerprint density at radius 3 is 2.73 bits per heavy atom. The van der Waals surface area contributed by atoms with Crippen molar-refractivity contribution in [1.29, 1.82) is 0 Å². The molecule has 1 aliphatic heterocycles. The summed E-state index contributed by atoms with van der Waals surface area (Å²) in [7, 11) is 0. The van der Waals surface area contributed by atoms with Gasteiger partial charge in [-0.1, -0.05) is 36.4 Å². The number of hydrogen-bond acceptors (Lipinski definition) is 5. The molecule has 1 amide bonds. The number of nitrogens with one attached hydrogen (secondary N) is 1. The minimum atomic E-state index is -0.0962. The summed E-state index contributed by atoms with van der Waals surface area (Å²) in [6.45, 7) is 10.7. The second kappa shape index (κ2) is 9.07. The van der Waals surface area contributed by atoms with E-state index in [1.807, 2.05) is 25.1 Å². The Hall–Kier alpha value is -2.02. The Morgan fingerprint density at radius 2 is 2.04 bits per heavy atom. The molecule has 5 nitrogen and oxygen atoms in total. The zero-order chi connectivity index (χ0) is 18.4. The molecule has 6 heteroatoms. The average Bonchev–Trinajstić information content (AvgIpc) is 3.15. The van der Waals surface area contributed by atoms with E-state index in [-0.39, 0.29) is 11.9 Å². The van der Waals surface area contributed by atoms with Crippen molar-refractivity contribution in [3.05, 3.63) is 54.1 Å². The predicted molar refractivity (Wildman–Crippen MR) is 107 cm³/mol. The first-order valence-corrected chi connectivity index (χ1v) is 9.90. The maximum atomic E-state index is 12.1. The third-order valence-corrected chi connectivity index (χ3v) is 5.65. The van der Waals surface area contributed by atoms with Gasteiger partial charge in [0.2, 0.25) is 5.91 Å². The first-order chi connectivity index (χ1) is 12.7. The van der Waals surface area contributed by atoms with E-state index >= 15 is 0 Å². The van der Waals surface area contributed by atoms with E-state index in [0.717, 1.165) is 43.4 Å². The third kappa shape index (κ3) is 4.78. The van der Waals surface area contributed by atoms with Gasteiger partial charge in [0.15, 0.2) is 0 Å². The lowest BCUT2D eigenvalue weighted by atomic mass is 10.2. The highest BCUT2D eigenvalue weighted by Crippen LogP contribution is 2.24. The number of amides is 1. The van der Waals surface area contributed by atoms with E-state index in [1.54, 1.807) is 17.4 Å². The number of piperazine rings is 1. The molecule has 1 aromatic heterocycles. The number of carbonyl (C=O) groups excluding carboxylic acids is 1. The minimum absolute atomic E-state index is 0.0744. The van der Waals surface area contributed by atoms with Gasteiger partial charge in [0.25, 0.3) is 0 Å². The standard InChI is InChI=1S/C20H26N4OS/c1-3-9-21-19(25)16(2)24-12-10-23(11-13-24)14-18-15-26-20(22-18)17-7-5-4-6-8-17/h3-8,15-16H,1,9-14H2,2H3,(H,21,25).